The normalized spacial score (nSPS) is 8.42. The van der Waals surface area contributed by atoms with Crippen LogP contribution in [0.1, 0.15) is 22.3 Å². The van der Waals surface area contributed by atoms with Crippen molar-refractivity contribution in [3.8, 4) is 12.1 Å². The van der Waals surface area contributed by atoms with E-state index in [-0.39, 0.29) is 0 Å². The molecule has 0 heterocycles. The van der Waals surface area contributed by atoms with Gasteiger partial charge in [-0.15, -0.1) is 0 Å². The molecular formula is C16H12BBrCl2N3S. The Morgan fingerprint density at radius 1 is 1.08 bits per heavy atom. The predicted molar refractivity (Wildman–Crippen MR) is 107 cm³/mol. The topological polar surface area (TPSA) is 59.9 Å². The van der Waals surface area contributed by atoms with E-state index in [1.54, 1.807) is 24.3 Å². The third kappa shape index (κ3) is 8.52. The fourth-order valence-corrected chi connectivity index (χ4v) is 2.32. The second kappa shape index (κ2) is 13.0. The summed E-state index contributed by atoms with van der Waals surface area (Å²) in [5, 5.41) is 19.1. The Kier molecular flexibility index (Phi) is 12.3. The van der Waals surface area contributed by atoms with E-state index >= 15 is 0 Å². The summed E-state index contributed by atoms with van der Waals surface area (Å²) in [4.78, 5) is 0. The Hall–Kier alpha value is -1.31. The van der Waals surface area contributed by atoms with E-state index in [1.165, 1.54) is 0 Å². The van der Waals surface area contributed by atoms with Crippen molar-refractivity contribution < 1.29 is 0 Å². The van der Waals surface area contributed by atoms with E-state index in [0.717, 1.165) is 11.1 Å². The van der Waals surface area contributed by atoms with Crippen molar-refractivity contribution in [3.05, 3.63) is 68.7 Å². The van der Waals surface area contributed by atoms with Crippen molar-refractivity contribution in [1.82, 2.24) is 0 Å². The van der Waals surface area contributed by atoms with Crippen LogP contribution in [0, 0.1) is 29.6 Å². The minimum atomic E-state index is 0.603. The van der Waals surface area contributed by atoms with Gasteiger partial charge in [0.05, 0.1) is 23.3 Å². The van der Waals surface area contributed by atoms with Gasteiger partial charge < -0.3 is 0 Å². The van der Waals surface area contributed by atoms with Crippen LogP contribution in [0.4, 0.5) is 0 Å². The number of benzene rings is 2. The quantitative estimate of drug-likeness (QED) is 0.346. The number of hydrogen-bond donors (Lipinski definition) is 1. The Bertz CT molecular complexity index is 773. The molecule has 2 rings (SSSR count). The summed E-state index contributed by atoms with van der Waals surface area (Å²) in [6, 6.07) is 14.7. The molecule has 0 bridgehead atoms. The van der Waals surface area contributed by atoms with Gasteiger partial charge in [-0.3, -0.25) is 0 Å². The van der Waals surface area contributed by atoms with Gasteiger partial charge in [0.1, 0.15) is 0 Å². The molecule has 0 saturated heterocycles. The SMILES string of the molecule is Cc1ccc(Cl)cc1C#N.N#Cc1cc(Cl)ccc1CBr.[B]=NS. The standard InChI is InChI=1S/C8H5BrClN.C8H6ClN.BHNS/c9-4-6-1-2-8(10)3-7(6)5-11;1-6-2-3-8(9)4-7(6)5-10;1-2-3/h1-3H,4H2;2-4H,1H3;3H. The first kappa shape index (κ1) is 22.7. The van der Waals surface area contributed by atoms with Crippen LogP contribution >= 0.6 is 51.9 Å². The van der Waals surface area contributed by atoms with Gasteiger partial charge in [-0.25, -0.2) is 0 Å². The van der Waals surface area contributed by atoms with Crippen molar-refractivity contribution in [1.29, 1.82) is 10.5 Å². The number of nitriles is 2. The molecule has 0 aliphatic heterocycles. The first-order valence-corrected chi connectivity index (χ1v) is 8.66. The van der Waals surface area contributed by atoms with Crippen LogP contribution < -0.4 is 0 Å². The molecule has 0 N–H and O–H groups in total. The third-order valence-corrected chi connectivity index (χ3v) is 3.73. The van der Waals surface area contributed by atoms with Gasteiger partial charge in [-0.05, 0) is 42.3 Å². The minimum absolute atomic E-state index is 0.603. The monoisotopic (exact) mass is 438 g/mol. The molecule has 0 unspecified atom stereocenters. The van der Waals surface area contributed by atoms with Crippen LogP contribution in [0.2, 0.25) is 10.0 Å². The van der Waals surface area contributed by atoms with Crippen LogP contribution in [0.15, 0.2) is 40.7 Å². The van der Waals surface area contributed by atoms with Crippen molar-refractivity contribution in [2.75, 3.05) is 0 Å². The summed E-state index contributed by atoms with van der Waals surface area (Å²) in [6.45, 7) is 1.88. The predicted octanol–water partition coefficient (Wildman–Crippen LogP) is 5.81. The molecule has 121 valence electrons. The van der Waals surface area contributed by atoms with E-state index in [9.17, 15) is 0 Å². The third-order valence-electron chi connectivity index (χ3n) is 2.66. The van der Waals surface area contributed by atoms with Crippen molar-refractivity contribution in [2.24, 2.45) is 4.30 Å². The molecule has 2 aromatic rings. The van der Waals surface area contributed by atoms with Crippen LogP contribution in [0.25, 0.3) is 0 Å². The van der Waals surface area contributed by atoms with Gasteiger partial charge in [0, 0.05) is 15.4 Å². The first-order chi connectivity index (χ1) is 11.4. The maximum atomic E-state index is 8.64. The van der Waals surface area contributed by atoms with Gasteiger partial charge >= 0.3 is 24.8 Å². The number of aryl methyl sites for hydroxylation is 1. The molecule has 8 heteroatoms. The summed E-state index contributed by atoms with van der Waals surface area (Å²) >= 11 is 17.8. The van der Waals surface area contributed by atoms with Crippen LogP contribution in [-0.2, 0) is 5.33 Å². The zero-order chi connectivity index (χ0) is 18.5. The molecule has 0 aliphatic rings. The molecule has 0 spiro atoms. The van der Waals surface area contributed by atoms with E-state index in [1.807, 2.05) is 19.1 Å². The average Bonchev–Trinajstić information content (AvgIpc) is 2.58. The molecule has 24 heavy (non-hydrogen) atoms. The van der Waals surface area contributed by atoms with Crippen LogP contribution in [0.3, 0.4) is 0 Å². The molecule has 1 radical (unpaired) electrons. The number of halogens is 3. The summed E-state index contributed by atoms with van der Waals surface area (Å²) in [7, 11) is 4.34. The summed E-state index contributed by atoms with van der Waals surface area (Å²) in [5.41, 5.74) is 3.21. The van der Waals surface area contributed by atoms with Gasteiger partial charge in [0.2, 0.25) is 0 Å². The fraction of sp³-hybridized carbons (Fsp3) is 0.125. The van der Waals surface area contributed by atoms with Gasteiger partial charge in [0.25, 0.3) is 0 Å². The van der Waals surface area contributed by atoms with Crippen LogP contribution in [0.5, 0.6) is 0 Å². The summed E-state index contributed by atoms with van der Waals surface area (Å²) < 4.78 is 2.69. The van der Waals surface area contributed by atoms with Crippen molar-refractivity contribution in [2.45, 2.75) is 12.3 Å². The zero-order valence-corrected chi connectivity index (χ0v) is 16.7. The molecule has 0 fully saturated rings. The van der Waals surface area contributed by atoms with Gasteiger partial charge in [-0.2, -0.15) is 10.5 Å². The second-order valence-corrected chi connectivity index (χ2v) is 5.90. The Balaban J connectivity index is 0.000000381. The number of nitrogens with zero attached hydrogens (tertiary/aromatic N) is 3. The number of alkyl halides is 1. The van der Waals surface area contributed by atoms with Crippen molar-refractivity contribution in [3.63, 3.8) is 0 Å². The fourth-order valence-electron chi connectivity index (χ4n) is 1.48. The Morgan fingerprint density at radius 2 is 1.54 bits per heavy atom. The molecule has 0 aromatic heterocycles. The maximum absolute atomic E-state index is 8.64. The number of hydrogen-bond acceptors (Lipinski definition) is 4. The number of rotatable bonds is 1. The second-order valence-electron chi connectivity index (χ2n) is 4.23. The van der Waals surface area contributed by atoms with E-state index in [4.69, 9.17) is 33.7 Å². The Labute approximate surface area is 167 Å². The van der Waals surface area contributed by atoms with E-state index < -0.39 is 0 Å². The van der Waals surface area contributed by atoms with Gasteiger partial charge in [-0.1, -0.05) is 51.3 Å². The molecule has 0 saturated carbocycles. The molecule has 2 aromatic carbocycles. The number of thiol groups is 1. The zero-order valence-electron chi connectivity index (χ0n) is 12.7. The van der Waals surface area contributed by atoms with Crippen LogP contribution in [-0.4, -0.2) is 7.64 Å². The molecule has 0 atom stereocenters. The van der Waals surface area contributed by atoms with Gasteiger partial charge in [0.15, 0.2) is 0 Å². The molecule has 0 amide bonds. The first-order valence-electron chi connectivity index (χ1n) is 6.38. The molecule has 3 nitrogen and oxygen atoms in total. The summed E-state index contributed by atoms with van der Waals surface area (Å²) in [5.74, 6) is 0. The summed E-state index contributed by atoms with van der Waals surface area (Å²) in [6.07, 6.45) is 0. The van der Waals surface area contributed by atoms with E-state index in [2.05, 4.69) is 52.8 Å². The molecule has 0 aliphatic carbocycles. The van der Waals surface area contributed by atoms with Crippen molar-refractivity contribution >= 4 is 59.6 Å². The molecular weight excluding hydrogens is 428 g/mol. The van der Waals surface area contributed by atoms with E-state index in [0.29, 0.717) is 26.5 Å². The average molecular weight is 440 g/mol. The Morgan fingerprint density at radius 3 is 1.96 bits per heavy atom.